The third kappa shape index (κ3) is 4.88. The summed E-state index contributed by atoms with van der Waals surface area (Å²) in [7, 11) is 0.833. The molecule has 0 radical (unpaired) electrons. The number of furan rings is 2. The highest BCUT2D eigenvalue weighted by molar-refractivity contribution is 7.29. The quantitative estimate of drug-likeness (QED) is 0.182. The molecule has 5 heterocycles. The zero-order valence-corrected chi connectivity index (χ0v) is 34.3. The van der Waals surface area contributed by atoms with Crippen LogP contribution in [0.4, 0.5) is 11.4 Å². The van der Waals surface area contributed by atoms with Crippen LogP contribution in [0.1, 0.15) is 52.7 Å². The van der Waals surface area contributed by atoms with E-state index in [0.717, 1.165) is 68.1 Å². The number of para-hydroxylation sites is 2. The molecule has 1 N–H and O–H groups in total. The van der Waals surface area contributed by atoms with Crippen LogP contribution in [-0.2, 0) is 10.8 Å². The summed E-state index contributed by atoms with van der Waals surface area (Å²) in [5.74, 6) is 0. The van der Waals surface area contributed by atoms with Crippen LogP contribution in [-0.4, -0.2) is 11.8 Å². The Bertz CT molecular complexity index is 3530. The van der Waals surface area contributed by atoms with Gasteiger partial charge in [-0.25, -0.2) is 0 Å². The van der Waals surface area contributed by atoms with Gasteiger partial charge in [0.25, 0.3) is 0 Å². The van der Waals surface area contributed by atoms with Gasteiger partial charge in [0.2, 0.25) is 7.28 Å². The zero-order valence-electron chi connectivity index (χ0n) is 33.5. The normalized spacial score (nSPS) is 13.1. The molecule has 0 amide bonds. The largest absolute Gasteiger partial charge is 0.456 e. The van der Waals surface area contributed by atoms with Crippen molar-refractivity contribution in [3.8, 4) is 16.8 Å². The summed E-state index contributed by atoms with van der Waals surface area (Å²) in [5.41, 5.74) is 15.9. The maximum atomic E-state index is 6.58. The Labute approximate surface area is 340 Å². The number of anilines is 2. The third-order valence-electron chi connectivity index (χ3n) is 12.5. The monoisotopic (exact) mass is 768 g/mol. The summed E-state index contributed by atoms with van der Waals surface area (Å²) in [6.07, 6.45) is 0. The van der Waals surface area contributed by atoms with Gasteiger partial charge >= 0.3 is 0 Å². The molecule has 280 valence electrons. The highest BCUT2D eigenvalue weighted by Crippen LogP contribution is 2.45. The lowest BCUT2D eigenvalue weighted by Crippen LogP contribution is -2.35. The second kappa shape index (κ2) is 11.7. The number of benzene rings is 7. The molecule has 6 heteroatoms. The first-order valence-corrected chi connectivity index (χ1v) is 21.1. The predicted octanol–water partition coefficient (Wildman–Crippen LogP) is 13.5. The first kappa shape index (κ1) is 33.9. The van der Waals surface area contributed by atoms with Crippen LogP contribution in [0.3, 0.4) is 0 Å². The molecule has 0 saturated carbocycles. The number of hydrogen-bond acceptors (Lipinski definition) is 4. The Hall–Kier alpha value is -6.24. The van der Waals surface area contributed by atoms with Crippen LogP contribution in [0.25, 0.3) is 92.6 Å². The van der Waals surface area contributed by atoms with Crippen molar-refractivity contribution < 1.29 is 8.83 Å². The van der Waals surface area contributed by atoms with E-state index in [1.54, 1.807) is 0 Å². The third-order valence-corrected chi connectivity index (χ3v) is 13.7. The van der Waals surface area contributed by atoms with Gasteiger partial charge in [-0.3, -0.25) is 0 Å². The van der Waals surface area contributed by atoms with Crippen molar-refractivity contribution in [2.24, 2.45) is 0 Å². The van der Waals surface area contributed by atoms with Crippen LogP contribution < -0.4 is 15.6 Å². The number of rotatable bonds is 3. The fourth-order valence-corrected chi connectivity index (χ4v) is 10.7. The topological polar surface area (TPSA) is 43.2 Å². The van der Waals surface area contributed by atoms with Crippen LogP contribution in [0.5, 0.6) is 0 Å². The molecule has 0 saturated heterocycles. The van der Waals surface area contributed by atoms with E-state index in [4.69, 9.17) is 8.83 Å². The Morgan fingerprint density at radius 1 is 0.534 bits per heavy atom. The molecule has 4 aromatic heterocycles. The van der Waals surface area contributed by atoms with Crippen molar-refractivity contribution in [1.29, 1.82) is 0 Å². The first-order chi connectivity index (χ1) is 28.0. The average Bonchev–Trinajstić information content (AvgIpc) is 3.95. The smallest absolute Gasteiger partial charge is 0.211 e. The van der Waals surface area contributed by atoms with Gasteiger partial charge in [-0.1, -0.05) is 108 Å². The summed E-state index contributed by atoms with van der Waals surface area (Å²) in [6, 6.07) is 46.7. The molecule has 7 aromatic carbocycles. The summed E-state index contributed by atoms with van der Waals surface area (Å²) in [5, 5.41) is 12.2. The van der Waals surface area contributed by atoms with Crippen molar-refractivity contribution in [3.63, 3.8) is 0 Å². The van der Waals surface area contributed by atoms with E-state index in [1.807, 2.05) is 17.4 Å². The maximum Gasteiger partial charge on any atom is 0.211 e. The van der Waals surface area contributed by atoms with Crippen molar-refractivity contribution in [3.05, 3.63) is 139 Å². The van der Waals surface area contributed by atoms with Crippen LogP contribution >= 0.6 is 11.3 Å². The van der Waals surface area contributed by atoms with E-state index in [0.29, 0.717) is 0 Å². The van der Waals surface area contributed by atoms with E-state index >= 15 is 0 Å². The standard InChI is InChI=1S/C52H41BN2O2S/c1-51(2,3)28-15-18-30(19-16-28)54-40-24-37-31-11-7-9-13-42(31)56-44(37)26-35(40)33-20-21-34-36-27-45-38(32-12-8-10-14-43(32)57-45)25-41(36)55-48(34)47(33)53-50-49(55)39-23-29(52(4,5)6)17-22-46(39)58-50/h7-27,53-54H,1-6H3. The molecular formula is C52H41BN2O2S. The molecule has 0 unspecified atom stereocenters. The van der Waals surface area contributed by atoms with E-state index < -0.39 is 0 Å². The number of nitrogens with zero attached hydrogens (tertiary/aromatic N) is 1. The molecule has 4 nitrogen and oxygen atoms in total. The lowest BCUT2D eigenvalue weighted by Gasteiger charge is -2.23. The summed E-state index contributed by atoms with van der Waals surface area (Å²) in [4.78, 5) is 0. The molecule has 11 aromatic rings. The lowest BCUT2D eigenvalue weighted by atomic mass is 9.63. The van der Waals surface area contributed by atoms with Gasteiger partial charge in [0.05, 0.1) is 11.2 Å². The highest BCUT2D eigenvalue weighted by atomic mass is 32.1. The Kier molecular flexibility index (Phi) is 6.82. The maximum absolute atomic E-state index is 6.58. The minimum absolute atomic E-state index is 0.0322. The molecule has 0 atom stereocenters. The number of fused-ring (bicyclic) bond motifs is 13. The Morgan fingerprint density at radius 2 is 1.19 bits per heavy atom. The predicted molar refractivity (Wildman–Crippen MR) is 250 cm³/mol. The summed E-state index contributed by atoms with van der Waals surface area (Å²) >= 11 is 1.93. The van der Waals surface area contributed by atoms with Gasteiger partial charge in [0.15, 0.2) is 0 Å². The van der Waals surface area contributed by atoms with Gasteiger partial charge in [0, 0.05) is 64.9 Å². The molecule has 58 heavy (non-hydrogen) atoms. The van der Waals surface area contributed by atoms with Crippen molar-refractivity contribution in [2.75, 3.05) is 5.32 Å². The molecule has 1 aliphatic rings. The molecule has 12 rings (SSSR count). The molecule has 1 aliphatic heterocycles. The molecular weight excluding hydrogens is 727 g/mol. The minimum Gasteiger partial charge on any atom is -0.456 e. The average molecular weight is 769 g/mol. The summed E-state index contributed by atoms with van der Waals surface area (Å²) < 4.78 is 18.4. The number of hydrogen-bond donors (Lipinski definition) is 1. The summed E-state index contributed by atoms with van der Waals surface area (Å²) in [6.45, 7) is 13.7. The van der Waals surface area contributed by atoms with Crippen LogP contribution in [0.2, 0.25) is 0 Å². The Morgan fingerprint density at radius 3 is 1.90 bits per heavy atom. The van der Waals surface area contributed by atoms with Crippen LogP contribution in [0, 0.1) is 0 Å². The van der Waals surface area contributed by atoms with Crippen molar-refractivity contribution in [2.45, 2.75) is 52.4 Å². The minimum atomic E-state index is 0.0322. The number of thiophene rings is 1. The fraction of sp³-hybridized carbons (Fsp3) is 0.154. The second-order valence-electron chi connectivity index (χ2n) is 18.2. The van der Waals surface area contributed by atoms with Gasteiger partial charge in [-0.15, -0.1) is 11.3 Å². The molecule has 0 aliphatic carbocycles. The number of nitrogens with one attached hydrogen (secondary N) is 1. The van der Waals surface area contributed by atoms with Crippen molar-refractivity contribution in [1.82, 2.24) is 4.57 Å². The Balaban J connectivity index is 1.16. The van der Waals surface area contributed by atoms with E-state index in [2.05, 4.69) is 173 Å². The second-order valence-corrected chi connectivity index (χ2v) is 19.4. The fourth-order valence-electron chi connectivity index (χ4n) is 9.49. The highest BCUT2D eigenvalue weighted by Gasteiger charge is 2.31. The van der Waals surface area contributed by atoms with Crippen molar-refractivity contribution >= 4 is 116 Å². The van der Waals surface area contributed by atoms with Gasteiger partial charge in [-0.2, -0.15) is 0 Å². The lowest BCUT2D eigenvalue weighted by molar-refractivity contribution is 0.590. The van der Waals surface area contributed by atoms with E-state index in [9.17, 15) is 0 Å². The first-order valence-electron chi connectivity index (χ1n) is 20.3. The van der Waals surface area contributed by atoms with E-state index in [-0.39, 0.29) is 10.8 Å². The van der Waals surface area contributed by atoms with Gasteiger partial charge in [0.1, 0.15) is 22.3 Å². The van der Waals surface area contributed by atoms with E-state index in [1.165, 1.54) is 64.5 Å². The van der Waals surface area contributed by atoms with Gasteiger partial charge in [-0.05, 0) is 98.4 Å². The number of aromatic nitrogens is 1. The van der Waals surface area contributed by atoms with Crippen LogP contribution in [0.15, 0.2) is 136 Å². The molecule has 0 spiro atoms. The molecule has 0 fully saturated rings. The zero-order chi connectivity index (χ0) is 39.2. The van der Waals surface area contributed by atoms with Gasteiger partial charge < -0.3 is 18.7 Å². The molecule has 0 bridgehead atoms. The SMILES string of the molecule is CC(C)(C)c1ccc(Nc2cc3c(cc2-c2ccc4c5cc6oc7ccccc7c6cc5n5c4c2Bc2sc4ccc(C(C)(C)C)cc4c2-5)oc2ccccc23)cc1.